The number of rotatable bonds is 4. The van der Waals surface area contributed by atoms with Crippen LogP contribution < -0.4 is 5.48 Å². The first kappa shape index (κ1) is 9.52. The van der Waals surface area contributed by atoms with Gasteiger partial charge in [-0.1, -0.05) is 18.2 Å². The molecule has 0 spiro atoms. The minimum absolute atomic E-state index is 0.280. The highest BCUT2D eigenvalue weighted by molar-refractivity contribution is 5.46. The molecule has 1 N–H and O–H groups in total. The van der Waals surface area contributed by atoms with E-state index < -0.39 is 0 Å². The Labute approximate surface area is 77.0 Å². The second-order valence-electron chi connectivity index (χ2n) is 2.58. The fraction of sp³-hybridized carbons (Fsp3) is 0.200. The van der Waals surface area contributed by atoms with Crippen LogP contribution in [0.1, 0.15) is 6.92 Å². The number of para-hydroxylation sites is 1. The third-order valence-electron chi connectivity index (χ3n) is 1.44. The Hall–Kier alpha value is -1.57. The summed E-state index contributed by atoms with van der Waals surface area (Å²) < 4.78 is 0. The fourth-order valence-corrected chi connectivity index (χ4v) is 0.797. The Kier molecular flexibility index (Phi) is 3.76. The molecule has 0 fully saturated rings. The lowest BCUT2D eigenvalue weighted by atomic mass is 10.3. The number of carbonyl (C=O) groups excluding carboxylic acids is 1. The maximum absolute atomic E-state index is 9.94. The van der Waals surface area contributed by atoms with E-state index >= 15 is 0 Å². The molecule has 0 aliphatic rings. The van der Waals surface area contributed by atoms with Gasteiger partial charge in [0, 0.05) is 6.08 Å². The highest BCUT2D eigenvalue weighted by Gasteiger charge is 1.96. The molecule has 0 aromatic heterocycles. The van der Waals surface area contributed by atoms with Crippen LogP contribution >= 0.6 is 0 Å². The molecule has 0 bridgehead atoms. The standard InChI is InChI=1S/C10H11NO2/c1-9(7-8-12)13-11-10-5-3-2-4-6-10/h2-7,9,11H,1H3. The van der Waals surface area contributed by atoms with Crippen LogP contribution in [0.5, 0.6) is 0 Å². The number of hydrogen-bond acceptors (Lipinski definition) is 3. The van der Waals surface area contributed by atoms with Crippen molar-refractivity contribution in [3.8, 4) is 0 Å². The number of anilines is 1. The van der Waals surface area contributed by atoms with Gasteiger partial charge >= 0.3 is 0 Å². The molecule has 0 heterocycles. The van der Waals surface area contributed by atoms with Crippen molar-refractivity contribution in [2.75, 3.05) is 5.48 Å². The lowest BCUT2D eigenvalue weighted by Crippen LogP contribution is -2.10. The zero-order chi connectivity index (χ0) is 9.52. The molecular weight excluding hydrogens is 166 g/mol. The molecular formula is C10H11NO2. The van der Waals surface area contributed by atoms with Gasteiger partial charge < -0.3 is 0 Å². The van der Waals surface area contributed by atoms with Crippen LogP contribution in [0.15, 0.2) is 36.4 Å². The van der Waals surface area contributed by atoms with Gasteiger partial charge in [-0.05, 0) is 19.1 Å². The van der Waals surface area contributed by atoms with Crippen molar-refractivity contribution in [3.05, 3.63) is 36.4 Å². The first-order valence-electron chi connectivity index (χ1n) is 4.00. The Morgan fingerprint density at radius 2 is 2.15 bits per heavy atom. The fourth-order valence-electron chi connectivity index (χ4n) is 0.797. The zero-order valence-corrected chi connectivity index (χ0v) is 7.36. The van der Waals surface area contributed by atoms with Crippen molar-refractivity contribution in [2.24, 2.45) is 0 Å². The first-order valence-corrected chi connectivity index (χ1v) is 4.00. The smallest absolute Gasteiger partial charge is 0.122 e. The maximum Gasteiger partial charge on any atom is 0.122 e. The van der Waals surface area contributed by atoms with Gasteiger partial charge in [0.2, 0.25) is 0 Å². The number of benzene rings is 1. The Bertz CT molecular complexity index is 291. The van der Waals surface area contributed by atoms with Gasteiger partial charge in [-0.25, -0.2) is 4.79 Å². The molecule has 3 nitrogen and oxygen atoms in total. The molecule has 1 atom stereocenters. The molecule has 1 unspecified atom stereocenters. The normalized spacial score (nSPS) is 11.5. The maximum atomic E-state index is 9.94. The van der Waals surface area contributed by atoms with Crippen molar-refractivity contribution in [2.45, 2.75) is 13.0 Å². The molecule has 0 amide bonds. The van der Waals surface area contributed by atoms with Gasteiger partial charge in [-0.15, -0.1) is 0 Å². The van der Waals surface area contributed by atoms with E-state index in [2.05, 4.69) is 5.48 Å². The average molecular weight is 177 g/mol. The molecule has 0 aliphatic carbocycles. The molecule has 1 rings (SSSR count). The van der Waals surface area contributed by atoms with E-state index in [1.807, 2.05) is 30.3 Å². The van der Waals surface area contributed by atoms with Crippen molar-refractivity contribution < 1.29 is 9.63 Å². The van der Waals surface area contributed by atoms with E-state index in [0.29, 0.717) is 0 Å². The Morgan fingerprint density at radius 3 is 2.77 bits per heavy atom. The van der Waals surface area contributed by atoms with Crippen molar-refractivity contribution in [1.82, 2.24) is 0 Å². The van der Waals surface area contributed by atoms with Crippen LogP contribution in [0.25, 0.3) is 0 Å². The molecule has 3 heteroatoms. The largest absolute Gasteiger partial charge is 0.268 e. The lowest BCUT2D eigenvalue weighted by Gasteiger charge is -2.08. The molecule has 1 aromatic rings. The SMILES string of the molecule is CC(C=C=O)ONc1ccccc1. The van der Waals surface area contributed by atoms with Crippen LogP contribution in [0.2, 0.25) is 0 Å². The summed E-state index contributed by atoms with van der Waals surface area (Å²) >= 11 is 0. The summed E-state index contributed by atoms with van der Waals surface area (Å²) in [6.45, 7) is 1.75. The second kappa shape index (κ2) is 5.14. The van der Waals surface area contributed by atoms with Crippen LogP contribution in [-0.4, -0.2) is 12.0 Å². The first-order chi connectivity index (χ1) is 6.33. The summed E-state index contributed by atoms with van der Waals surface area (Å²) in [6, 6.07) is 9.45. The highest BCUT2D eigenvalue weighted by atomic mass is 16.7. The molecule has 1 aromatic carbocycles. The molecule has 13 heavy (non-hydrogen) atoms. The van der Waals surface area contributed by atoms with E-state index in [1.54, 1.807) is 12.9 Å². The quantitative estimate of drug-likeness (QED) is 0.563. The molecule has 0 aliphatic heterocycles. The van der Waals surface area contributed by atoms with Crippen molar-refractivity contribution in [3.63, 3.8) is 0 Å². The van der Waals surface area contributed by atoms with Gasteiger partial charge in [0.05, 0.1) is 5.69 Å². The van der Waals surface area contributed by atoms with Crippen LogP contribution in [0, 0.1) is 0 Å². The van der Waals surface area contributed by atoms with E-state index in [9.17, 15) is 4.79 Å². The summed E-state index contributed by atoms with van der Waals surface area (Å²) in [5.41, 5.74) is 3.57. The van der Waals surface area contributed by atoms with E-state index in [0.717, 1.165) is 5.69 Å². The molecule has 0 radical (unpaired) electrons. The zero-order valence-electron chi connectivity index (χ0n) is 7.36. The lowest BCUT2D eigenvalue weighted by molar-refractivity contribution is 0.153. The predicted octanol–water partition coefficient (Wildman–Crippen LogP) is 1.81. The topological polar surface area (TPSA) is 38.3 Å². The van der Waals surface area contributed by atoms with Gasteiger partial charge in [-0.3, -0.25) is 10.3 Å². The molecule has 68 valence electrons. The highest BCUT2D eigenvalue weighted by Crippen LogP contribution is 2.05. The van der Waals surface area contributed by atoms with Crippen molar-refractivity contribution in [1.29, 1.82) is 0 Å². The van der Waals surface area contributed by atoms with Crippen LogP contribution in [0.4, 0.5) is 5.69 Å². The van der Waals surface area contributed by atoms with E-state index in [-0.39, 0.29) is 6.10 Å². The second-order valence-corrected chi connectivity index (χ2v) is 2.58. The monoisotopic (exact) mass is 177 g/mol. The number of nitrogens with one attached hydrogen (secondary N) is 1. The summed E-state index contributed by atoms with van der Waals surface area (Å²) in [7, 11) is 0. The third kappa shape index (κ3) is 3.56. The van der Waals surface area contributed by atoms with E-state index in [4.69, 9.17) is 4.84 Å². The minimum Gasteiger partial charge on any atom is -0.268 e. The number of hydrogen-bond donors (Lipinski definition) is 1. The Balaban J connectivity index is 2.39. The molecule has 0 saturated heterocycles. The summed E-state index contributed by atoms with van der Waals surface area (Å²) in [5.74, 6) is 1.66. The van der Waals surface area contributed by atoms with Gasteiger partial charge in [0.25, 0.3) is 0 Å². The summed E-state index contributed by atoms with van der Waals surface area (Å²) in [5, 5.41) is 0. The Morgan fingerprint density at radius 1 is 1.46 bits per heavy atom. The predicted molar refractivity (Wildman–Crippen MR) is 50.9 cm³/mol. The van der Waals surface area contributed by atoms with Gasteiger partial charge in [-0.2, -0.15) is 0 Å². The van der Waals surface area contributed by atoms with Crippen molar-refractivity contribution >= 4 is 11.6 Å². The van der Waals surface area contributed by atoms with Crippen LogP contribution in [-0.2, 0) is 9.63 Å². The summed E-state index contributed by atoms with van der Waals surface area (Å²) in [6.07, 6.45) is 1.02. The van der Waals surface area contributed by atoms with Crippen LogP contribution in [0.3, 0.4) is 0 Å². The average Bonchev–Trinajstić information content (AvgIpc) is 2.17. The third-order valence-corrected chi connectivity index (χ3v) is 1.44. The minimum atomic E-state index is -0.280. The van der Waals surface area contributed by atoms with Gasteiger partial charge in [0.1, 0.15) is 12.0 Å². The summed E-state index contributed by atoms with van der Waals surface area (Å²) in [4.78, 5) is 15.0. The molecule has 0 saturated carbocycles. The van der Waals surface area contributed by atoms with E-state index in [1.165, 1.54) is 6.08 Å². The van der Waals surface area contributed by atoms with Gasteiger partial charge in [0.15, 0.2) is 0 Å².